The maximum Gasteiger partial charge on any atom is -0.0809 e. The number of fused-ring (bicyclic) bond motifs is 1. The van der Waals surface area contributed by atoms with Crippen LogP contribution in [-0.4, -0.2) is 6.19 Å². The van der Waals surface area contributed by atoms with E-state index < -0.39 is 0 Å². The SMILES string of the molecule is CC1=[C-]CC=C1.C[Si](C)=[Ti+2].Cl.Cl.c1ccc2[cH-]ccc2c1. The molecular weight excluding hydrogens is 351 g/mol. The first-order valence-corrected chi connectivity index (χ1v) is 11.3. The van der Waals surface area contributed by atoms with Crippen molar-refractivity contribution in [1.82, 2.24) is 0 Å². The van der Waals surface area contributed by atoms with Crippen LogP contribution < -0.4 is 0 Å². The van der Waals surface area contributed by atoms with Crippen LogP contribution in [0.2, 0.25) is 13.1 Å². The van der Waals surface area contributed by atoms with Crippen LogP contribution in [0.5, 0.6) is 0 Å². The van der Waals surface area contributed by atoms with Crippen LogP contribution in [0.4, 0.5) is 0 Å². The van der Waals surface area contributed by atoms with E-state index in [0.29, 0.717) is 0 Å². The molecular formula is C17H22Cl2SiTi. The van der Waals surface area contributed by atoms with E-state index in [9.17, 15) is 0 Å². The average molecular weight is 373 g/mol. The molecule has 1 aliphatic carbocycles. The maximum atomic E-state index is 3.12. The van der Waals surface area contributed by atoms with Crippen molar-refractivity contribution in [2.24, 2.45) is 0 Å². The third-order valence-electron chi connectivity index (χ3n) is 2.41. The molecule has 1 aliphatic rings. The van der Waals surface area contributed by atoms with Gasteiger partial charge in [0.15, 0.2) is 0 Å². The number of halogens is 2. The molecule has 0 fully saturated rings. The molecule has 0 aliphatic heterocycles. The number of rotatable bonds is 0. The van der Waals surface area contributed by atoms with Crippen molar-refractivity contribution in [3.05, 3.63) is 66.3 Å². The Labute approximate surface area is 153 Å². The van der Waals surface area contributed by atoms with Crippen LogP contribution in [0.25, 0.3) is 10.8 Å². The summed E-state index contributed by atoms with van der Waals surface area (Å²) in [4.78, 5) is 0. The van der Waals surface area contributed by atoms with Gasteiger partial charge in [0.05, 0.1) is 0 Å². The summed E-state index contributed by atoms with van der Waals surface area (Å²) in [7, 11) is 0. The van der Waals surface area contributed by atoms with Crippen molar-refractivity contribution >= 4 is 41.8 Å². The van der Waals surface area contributed by atoms with Crippen LogP contribution in [0.1, 0.15) is 13.3 Å². The second-order valence-corrected chi connectivity index (χ2v) is 11.3. The number of hydrogen-bond donors (Lipinski definition) is 0. The molecule has 112 valence electrons. The Bertz CT molecular complexity index is 548. The smallest absolute Gasteiger partial charge is 0.0809 e. The van der Waals surface area contributed by atoms with Gasteiger partial charge in [0.2, 0.25) is 0 Å². The van der Waals surface area contributed by atoms with Crippen molar-refractivity contribution in [3.63, 3.8) is 0 Å². The van der Waals surface area contributed by atoms with Gasteiger partial charge in [-0.25, -0.2) is 11.6 Å². The Morgan fingerprint density at radius 2 is 1.76 bits per heavy atom. The molecule has 0 radical (unpaired) electrons. The summed E-state index contributed by atoms with van der Waals surface area (Å²) >= 11 is 2.27. The minimum atomic E-state index is 0. The summed E-state index contributed by atoms with van der Waals surface area (Å²) in [5.74, 6) is 0. The molecule has 0 bridgehead atoms. The van der Waals surface area contributed by atoms with E-state index in [1.165, 1.54) is 16.3 Å². The fraction of sp³-hybridized carbons (Fsp3) is 0.235. The predicted molar refractivity (Wildman–Crippen MR) is 97.7 cm³/mol. The zero-order valence-electron chi connectivity index (χ0n) is 12.7. The predicted octanol–water partition coefficient (Wildman–Crippen LogP) is 5.88. The molecule has 0 atom stereocenters. The monoisotopic (exact) mass is 372 g/mol. The molecule has 2 aromatic carbocycles. The van der Waals surface area contributed by atoms with Gasteiger partial charge in [-0.1, -0.05) is 13.0 Å². The van der Waals surface area contributed by atoms with E-state index in [4.69, 9.17) is 0 Å². The molecule has 0 saturated heterocycles. The van der Waals surface area contributed by atoms with Gasteiger partial charge in [-0.05, 0) is 0 Å². The molecule has 2 aromatic rings. The van der Waals surface area contributed by atoms with Gasteiger partial charge in [-0.15, -0.1) is 60.9 Å². The van der Waals surface area contributed by atoms with Crippen LogP contribution in [0.3, 0.4) is 0 Å². The molecule has 3 rings (SSSR count). The zero-order chi connectivity index (χ0) is 14.1. The average Bonchev–Trinajstić information content (AvgIpc) is 2.99. The Morgan fingerprint density at radius 1 is 1.14 bits per heavy atom. The standard InChI is InChI=1S/C9H7.C6H7.C2H6Si.2ClH.Ti/c1-2-5-9-7-3-6-8(9)4-1;1-6-4-2-3-5-6;1-3-2;;;/h1-7H;2,4H,3H2,1H3;1-2H3;2*1H;/q2*-1;;;;+2. The summed E-state index contributed by atoms with van der Waals surface area (Å²) in [5.41, 5.74) is 1.27. The Morgan fingerprint density at radius 3 is 2.19 bits per heavy atom. The van der Waals surface area contributed by atoms with Gasteiger partial charge in [-0.2, -0.15) is 23.6 Å². The third-order valence-corrected chi connectivity index (χ3v) is 2.41. The largest absolute Gasteiger partial charge is 0.168 e. The molecule has 0 spiro atoms. The van der Waals surface area contributed by atoms with E-state index in [1.54, 1.807) is 0 Å². The molecule has 0 N–H and O–H groups in total. The quantitative estimate of drug-likeness (QED) is 0.400. The fourth-order valence-electron chi connectivity index (χ4n) is 1.58. The third kappa shape index (κ3) is 11.1. The van der Waals surface area contributed by atoms with E-state index in [-0.39, 0.29) is 31.0 Å². The normalized spacial score (nSPS) is 11.0. The first-order chi connectivity index (χ1) is 9.09. The summed E-state index contributed by atoms with van der Waals surface area (Å²) < 4.78 is 0. The number of benzene rings is 1. The Kier molecular flexibility index (Phi) is 14.8. The second-order valence-electron chi connectivity index (χ2n) is 4.62. The molecule has 4 heteroatoms. The van der Waals surface area contributed by atoms with Gasteiger partial charge in [0, 0.05) is 0 Å². The number of allylic oxidation sites excluding steroid dienone is 4. The van der Waals surface area contributed by atoms with Crippen molar-refractivity contribution < 1.29 is 19.2 Å². The Hall–Kier alpha value is -0.179. The molecule has 0 saturated carbocycles. The van der Waals surface area contributed by atoms with Gasteiger partial charge in [0.1, 0.15) is 0 Å². The number of hydrogen-bond acceptors (Lipinski definition) is 0. The fourth-order valence-corrected chi connectivity index (χ4v) is 1.58. The van der Waals surface area contributed by atoms with E-state index in [2.05, 4.69) is 99.9 Å². The van der Waals surface area contributed by atoms with Crippen molar-refractivity contribution in [2.45, 2.75) is 26.4 Å². The van der Waals surface area contributed by atoms with Crippen LogP contribution in [-0.2, 0) is 19.2 Å². The maximum absolute atomic E-state index is 3.12. The molecule has 0 unspecified atom stereocenters. The molecule has 0 aromatic heterocycles. The summed E-state index contributed by atoms with van der Waals surface area (Å²) in [6, 6.07) is 14.7. The molecule has 0 amide bonds. The van der Waals surface area contributed by atoms with Crippen molar-refractivity contribution in [3.8, 4) is 0 Å². The van der Waals surface area contributed by atoms with Gasteiger partial charge in [-0.3, -0.25) is 6.08 Å². The van der Waals surface area contributed by atoms with Crippen LogP contribution in [0, 0.1) is 6.08 Å². The van der Waals surface area contributed by atoms with Gasteiger partial charge < -0.3 is 0 Å². The molecule has 0 nitrogen and oxygen atoms in total. The molecule has 0 heterocycles. The second kappa shape index (κ2) is 13.5. The minimum Gasteiger partial charge on any atom is -0.168 e. The van der Waals surface area contributed by atoms with Crippen LogP contribution >= 0.6 is 24.8 Å². The summed E-state index contributed by atoms with van der Waals surface area (Å²) in [6.45, 7) is 6.60. The van der Waals surface area contributed by atoms with Crippen LogP contribution in [0.15, 0.2) is 60.2 Å². The summed E-state index contributed by atoms with van der Waals surface area (Å²) in [6.07, 6.45) is 8.45. The first kappa shape index (κ1) is 23.1. The van der Waals surface area contributed by atoms with Gasteiger partial charge in [0.25, 0.3) is 0 Å². The van der Waals surface area contributed by atoms with Gasteiger partial charge >= 0.3 is 38.5 Å². The zero-order valence-corrected chi connectivity index (χ0v) is 16.9. The minimum absolute atomic E-state index is 0. The van der Waals surface area contributed by atoms with Crippen molar-refractivity contribution in [1.29, 1.82) is 0 Å². The van der Waals surface area contributed by atoms with E-state index in [0.717, 1.165) is 6.42 Å². The van der Waals surface area contributed by atoms with Crippen molar-refractivity contribution in [2.75, 3.05) is 0 Å². The summed E-state index contributed by atoms with van der Waals surface area (Å²) in [5, 5.41) is 2.66. The Balaban J connectivity index is 0. The topological polar surface area (TPSA) is 0 Å². The first-order valence-electron chi connectivity index (χ1n) is 6.46. The molecule has 21 heavy (non-hydrogen) atoms. The van der Waals surface area contributed by atoms with E-state index >= 15 is 0 Å². The van der Waals surface area contributed by atoms with E-state index in [1.807, 2.05) is 0 Å².